The summed E-state index contributed by atoms with van der Waals surface area (Å²) < 4.78 is 23.4. The normalized spacial score (nSPS) is 14.7. The molecule has 1 amide bonds. The fourth-order valence-corrected chi connectivity index (χ4v) is 8.79. The van der Waals surface area contributed by atoms with Crippen LogP contribution in [0.5, 0.6) is 0 Å². The Hall–Kier alpha value is -3.10. The van der Waals surface area contributed by atoms with Gasteiger partial charge < -0.3 is 28.8 Å². The minimum Gasteiger partial charge on any atom is -0.756 e. The van der Waals surface area contributed by atoms with E-state index in [9.17, 15) is 19.4 Å². The maximum absolute atomic E-state index is 13.0. The number of quaternary nitrogens is 1. The molecule has 0 saturated heterocycles. The first-order valence-corrected chi connectivity index (χ1v) is 31.3. The van der Waals surface area contributed by atoms with Gasteiger partial charge in [0.1, 0.15) is 13.2 Å². The predicted octanol–water partition coefficient (Wildman–Crippen LogP) is 17.9. The lowest BCUT2D eigenvalue weighted by atomic mass is 10.0. The Labute approximate surface area is 456 Å². The Kier molecular flexibility index (Phi) is 52.4. The predicted molar refractivity (Wildman–Crippen MR) is 320 cm³/mol. The van der Waals surface area contributed by atoms with Crippen molar-refractivity contribution >= 4 is 13.7 Å². The third kappa shape index (κ3) is 56.6. The van der Waals surface area contributed by atoms with E-state index in [1.165, 1.54) is 89.9 Å². The Morgan fingerprint density at radius 2 is 0.824 bits per heavy atom. The number of carbonyl (C=O) groups is 1. The quantitative estimate of drug-likeness (QED) is 0.0272. The molecule has 0 aliphatic heterocycles. The van der Waals surface area contributed by atoms with E-state index in [1.54, 1.807) is 0 Å². The Morgan fingerprint density at radius 3 is 1.20 bits per heavy atom. The van der Waals surface area contributed by atoms with E-state index in [0.29, 0.717) is 23.9 Å². The van der Waals surface area contributed by atoms with E-state index in [4.69, 9.17) is 9.05 Å². The first kappa shape index (κ1) is 70.9. The lowest BCUT2D eigenvalue weighted by molar-refractivity contribution is -0.870. The van der Waals surface area contributed by atoms with Crippen molar-refractivity contribution in [3.8, 4) is 0 Å². The zero-order valence-corrected chi connectivity index (χ0v) is 49.1. The number of phosphoric ester groups is 1. The largest absolute Gasteiger partial charge is 0.756 e. The summed E-state index contributed by atoms with van der Waals surface area (Å²) in [4.78, 5) is 25.5. The Morgan fingerprint density at radius 1 is 0.486 bits per heavy atom. The molecular formula is C65H113N2O6P. The van der Waals surface area contributed by atoms with Gasteiger partial charge in [-0.25, -0.2) is 0 Å². The molecule has 9 heteroatoms. The summed E-state index contributed by atoms with van der Waals surface area (Å²) in [7, 11) is 1.27. The number of aliphatic hydroxyl groups excluding tert-OH is 1. The molecule has 2 N–H and O–H groups in total. The number of amides is 1. The van der Waals surface area contributed by atoms with Crippen molar-refractivity contribution in [2.45, 2.75) is 244 Å². The van der Waals surface area contributed by atoms with Crippen LogP contribution < -0.4 is 10.2 Å². The van der Waals surface area contributed by atoms with Crippen molar-refractivity contribution in [3.63, 3.8) is 0 Å². The molecule has 8 nitrogen and oxygen atoms in total. The number of hydrogen-bond acceptors (Lipinski definition) is 6. The molecule has 3 atom stereocenters. The average Bonchev–Trinajstić information content (AvgIpc) is 3.36. The van der Waals surface area contributed by atoms with E-state index in [2.05, 4.69) is 141 Å². The molecule has 0 heterocycles. The number of hydrogen-bond donors (Lipinski definition) is 2. The van der Waals surface area contributed by atoms with Gasteiger partial charge in [0.15, 0.2) is 0 Å². The summed E-state index contributed by atoms with van der Waals surface area (Å²) >= 11 is 0. The fourth-order valence-electron chi connectivity index (χ4n) is 8.07. The molecule has 0 aromatic rings. The van der Waals surface area contributed by atoms with Gasteiger partial charge in [0.25, 0.3) is 7.82 Å². The van der Waals surface area contributed by atoms with Crippen LogP contribution in [0, 0.1) is 0 Å². The lowest BCUT2D eigenvalue weighted by Crippen LogP contribution is -2.46. The summed E-state index contributed by atoms with van der Waals surface area (Å²) in [6.07, 6.45) is 80.9. The van der Waals surface area contributed by atoms with Crippen LogP contribution >= 0.6 is 7.82 Å². The molecule has 0 aromatic carbocycles. The van der Waals surface area contributed by atoms with Crippen LogP contribution in [-0.4, -0.2) is 68.5 Å². The Bertz CT molecular complexity index is 1620. The molecule has 0 aliphatic carbocycles. The van der Waals surface area contributed by atoms with Crippen LogP contribution in [0.1, 0.15) is 232 Å². The van der Waals surface area contributed by atoms with Gasteiger partial charge in [-0.1, -0.05) is 257 Å². The second-order valence-electron chi connectivity index (χ2n) is 21.0. The van der Waals surface area contributed by atoms with Gasteiger partial charge in [-0.15, -0.1) is 0 Å². The molecule has 0 bridgehead atoms. The number of rotatable bonds is 53. The molecule has 0 aliphatic rings. The van der Waals surface area contributed by atoms with Gasteiger partial charge >= 0.3 is 0 Å². The van der Waals surface area contributed by atoms with Gasteiger partial charge in [-0.05, 0) is 89.9 Å². The summed E-state index contributed by atoms with van der Waals surface area (Å²) in [6, 6.07) is -0.824. The minimum absolute atomic E-state index is 0.000553. The van der Waals surface area contributed by atoms with Crippen molar-refractivity contribution in [3.05, 3.63) is 122 Å². The molecule has 0 spiro atoms. The number of unbranched alkanes of at least 4 members (excludes halogenated alkanes) is 20. The standard InChI is InChI=1S/C65H113N2O6P/c1-6-8-10-12-14-16-18-20-22-24-25-26-27-28-29-30-31-32-33-34-35-36-37-38-39-40-41-43-45-47-49-51-53-55-57-59-65(69)66-63(62-73-74(70,71)72-61-60-67(3,4)5)64(68)58-56-54-52-50-48-46-44-42-23-21-19-17-15-13-11-9-7-2/h8,10,14,16,20,22,25-26,28-29,31-32,34-35,37-38,40-41,45,47,63-64,68H,6-7,9,11-13,15,17-19,21,23-24,27,30,33,36,39,42-44,46,48-62H2,1-5H3,(H-,66,69,70,71)/b10-8-,16-14-,22-20-,26-25-,29-28-,32-31-,35-34-,38-37-,41-40-,47-45-. The van der Waals surface area contributed by atoms with E-state index >= 15 is 0 Å². The number of nitrogens with one attached hydrogen (secondary N) is 1. The van der Waals surface area contributed by atoms with Crippen LogP contribution in [0.3, 0.4) is 0 Å². The second kappa shape index (κ2) is 54.7. The molecule has 0 fully saturated rings. The molecular weight excluding hydrogens is 936 g/mol. The van der Waals surface area contributed by atoms with E-state index in [0.717, 1.165) is 116 Å². The number of nitrogens with zero attached hydrogens (tertiary/aromatic N) is 1. The molecule has 0 rings (SSSR count). The van der Waals surface area contributed by atoms with Gasteiger partial charge in [0.2, 0.25) is 5.91 Å². The zero-order valence-electron chi connectivity index (χ0n) is 48.2. The smallest absolute Gasteiger partial charge is 0.268 e. The summed E-state index contributed by atoms with van der Waals surface area (Å²) in [6.45, 7) is 4.58. The highest BCUT2D eigenvalue weighted by atomic mass is 31.2. The molecule has 0 aromatic heterocycles. The molecule has 0 radical (unpaired) electrons. The summed E-state index contributed by atoms with van der Waals surface area (Å²) in [5.74, 6) is -0.193. The van der Waals surface area contributed by atoms with Gasteiger partial charge in [-0.3, -0.25) is 9.36 Å². The average molecular weight is 1050 g/mol. The number of likely N-dealkylation sites (N-methyl/N-ethyl adjacent to an activating group) is 1. The summed E-state index contributed by atoms with van der Waals surface area (Å²) in [5, 5.41) is 14.0. The number of allylic oxidation sites excluding steroid dienone is 20. The number of carbonyl (C=O) groups excluding carboxylic acids is 1. The van der Waals surface area contributed by atoms with E-state index < -0.39 is 20.0 Å². The van der Waals surface area contributed by atoms with Crippen LogP contribution in [0.15, 0.2) is 122 Å². The molecule has 0 saturated carbocycles. The highest BCUT2D eigenvalue weighted by molar-refractivity contribution is 7.45. The molecule has 424 valence electrons. The fraction of sp³-hybridized carbons (Fsp3) is 0.677. The monoisotopic (exact) mass is 1050 g/mol. The van der Waals surface area contributed by atoms with Gasteiger partial charge in [0.05, 0.1) is 39.9 Å². The SMILES string of the molecule is CC/C=C\C/C=C\C/C=C\C/C=C\C/C=C\C/C=C\C/C=C\C/C=C\C/C=C\C/C=C\CCCCCCC(=O)NC(COP(=O)([O-])OCC[N+](C)(C)C)C(O)CCCCCCCCCCCCCCCCCCC. The Balaban J connectivity index is 4.24. The minimum atomic E-state index is -4.59. The van der Waals surface area contributed by atoms with Crippen LogP contribution in [0.25, 0.3) is 0 Å². The van der Waals surface area contributed by atoms with Crippen LogP contribution in [-0.2, 0) is 18.4 Å². The number of phosphoric acid groups is 1. The van der Waals surface area contributed by atoms with E-state index in [1.807, 2.05) is 21.1 Å². The van der Waals surface area contributed by atoms with Crippen molar-refractivity contribution < 1.29 is 32.9 Å². The second-order valence-corrected chi connectivity index (χ2v) is 22.4. The highest BCUT2D eigenvalue weighted by Gasteiger charge is 2.24. The zero-order chi connectivity index (χ0) is 54.2. The van der Waals surface area contributed by atoms with Crippen molar-refractivity contribution in [1.29, 1.82) is 0 Å². The van der Waals surface area contributed by atoms with E-state index in [-0.39, 0.29) is 19.1 Å². The highest BCUT2D eigenvalue weighted by Crippen LogP contribution is 2.38. The van der Waals surface area contributed by atoms with Gasteiger partial charge in [-0.2, -0.15) is 0 Å². The number of aliphatic hydroxyl groups is 1. The molecule has 3 unspecified atom stereocenters. The van der Waals surface area contributed by atoms with Gasteiger partial charge in [0, 0.05) is 6.42 Å². The van der Waals surface area contributed by atoms with Crippen molar-refractivity contribution in [1.82, 2.24) is 5.32 Å². The van der Waals surface area contributed by atoms with Crippen LogP contribution in [0.4, 0.5) is 0 Å². The van der Waals surface area contributed by atoms with Crippen LogP contribution in [0.2, 0.25) is 0 Å². The van der Waals surface area contributed by atoms with Crippen molar-refractivity contribution in [2.75, 3.05) is 40.9 Å². The van der Waals surface area contributed by atoms with Crippen molar-refractivity contribution in [2.24, 2.45) is 0 Å². The maximum atomic E-state index is 13.0. The molecule has 74 heavy (non-hydrogen) atoms. The topological polar surface area (TPSA) is 108 Å². The third-order valence-corrected chi connectivity index (χ3v) is 13.7. The first-order valence-electron chi connectivity index (χ1n) is 29.9. The first-order chi connectivity index (χ1) is 36.0. The summed E-state index contributed by atoms with van der Waals surface area (Å²) in [5.41, 5.74) is 0. The third-order valence-electron chi connectivity index (χ3n) is 12.7. The maximum Gasteiger partial charge on any atom is 0.268 e. The lowest BCUT2D eigenvalue weighted by Gasteiger charge is -2.30.